The Balaban J connectivity index is 1.45. The fourth-order valence-electron chi connectivity index (χ4n) is 3.65. The summed E-state index contributed by atoms with van der Waals surface area (Å²) in [6.45, 7) is 5.69. The van der Waals surface area contributed by atoms with Crippen molar-refractivity contribution < 1.29 is 23.1 Å². The molecule has 0 saturated carbocycles. The SMILES string of the molecule is Cc1ccc(C(CNC(=O)CCCNC(=O)c2ccc(F)cc2F)N2CCOCC2)cc1. The molecule has 32 heavy (non-hydrogen) atoms. The third kappa shape index (κ3) is 6.83. The normalized spacial score (nSPS) is 15.2. The van der Waals surface area contributed by atoms with Gasteiger partial charge in [0.2, 0.25) is 5.91 Å². The Morgan fingerprint density at radius 2 is 1.78 bits per heavy atom. The summed E-state index contributed by atoms with van der Waals surface area (Å²) in [7, 11) is 0. The molecule has 1 aliphatic rings. The standard InChI is InChI=1S/C24H29F2N3O3/c1-17-4-6-18(7-5-17)22(29-11-13-32-14-12-29)16-28-23(30)3-2-10-27-24(31)20-9-8-19(25)15-21(20)26/h4-9,15,22H,2-3,10-14,16H2,1H3,(H,27,31)(H,28,30). The van der Waals surface area contributed by atoms with Crippen LogP contribution >= 0.6 is 0 Å². The molecule has 0 bridgehead atoms. The van der Waals surface area contributed by atoms with Crippen molar-refractivity contribution in [1.82, 2.24) is 15.5 Å². The lowest BCUT2D eigenvalue weighted by atomic mass is 10.0. The summed E-state index contributed by atoms with van der Waals surface area (Å²) in [6, 6.07) is 11.2. The average Bonchev–Trinajstić information content (AvgIpc) is 2.78. The Bertz CT molecular complexity index is 915. The fourth-order valence-corrected chi connectivity index (χ4v) is 3.65. The number of rotatable bonds is 9. The molecule has 2 aromatic rings. The Kier molecular flexibility index (Phi) is 8.70. The van der Waals surface area contributed by atoms with E-state index in [2.05, 4.69) is 39.8 Å². The summed E-state index contributed by atoms with van der Waals surface area (Å²) in [5.41, 5.74) is 2.11. The molecular formula is C24H29F2N3O3. The van der Waals surface area contributed by atoms with Crippen LogP contribution < -0.4 is 10.6 Å². The summed E-state index contributed by atoms with van der Waals surface area (Å²) in [5.74, 6) is -2.39. The molecule has 2 amide bonds. The molecular weight excluding hydrogens is 416 g/mol. The molecule has 172 valence electrons. The number of amides is 2. The van der Waals surface area contributed by atoms with Crippen molar-refractivity contribution in [2.45, 2.75) is 25.8 Å². The van der Waals surface area contributed by atoms with Gasteiger partial charge >= 0.3 is 0 Å². The van der Waals surface area contributed by atoms with E-state index in [4.69, 9.17) is 4.74 Å². The number of hydrogen-bond acceptors (Lipinski definition) is 4. The molecule has 1 saturated heterocycles. The molecule has 6 nitrogen and oxygen atoms in total. The highest BCUT2D eigenvalue weighted by atomic mass is 19.1. The van der Waals surface area contributed by atoms with E-state index in [1.54, 1.807) is 0 Å². The van der Waals surface area contributed by atoms with Crippen LogP contribution in [0.3, 0.4) is 0 Å². The van der Waals surface area contributed by atoms with Crippen molar-refractivity contribution in [1.29, 1.82) is 0 Å². The molecule has 0 radical (unpaired) electrons. The maximum atomic E-state index is 13.7. The maximum Gasteiger partial charge on any atom is 0.254 e. The van der Waals surface area contributed by atoms with Crippen LogP contribution in [0.1, 0.15) is 40.4 Å². The largest absolute Gasteiger partial charge is 0.379 e. The number of ether oxygens (including phenoxy) is 1. The van der Waals surface area contributed by atoms with Crippen molar-refractivity contribution >= 4 is 11.8 Å². The minimum atomic E-state index is -0.912. The first-order valence-electron chi connectivity index (χ1n) is 10.8. The van der Waals surface area contributed by atoms with Crippen molar-refractivity contribution in [3.8, 4) is 0 Å². The van der Waals surface area contributed by atoms with Gasteiger partial charge in [0.15, 0.2) is 0 Å². The Morgan fingerprint density at radius 3 is 2.47 bits per heavy atom. The van der Waals surface area contributed by atoms with E-state index in [-0.39, 0.29) is 30.5 Å². The Morgan fingerprint density at radius 1 is 1.06 bits per heavy atom. The molecule has 8 heteroatoms. The zero-order valence-corrected chi connectivity index (χ0v) is 18.2. The van der Waals surface area contributed by atoms with Crippen molar-refractivity contribution in [2.24, 2.45) is 0 Å². The molecule has 0 aliphatic carbocycles. The van der Waals surface area contributed by atoms with Gasteiger partial charge in [-0.2, -0.15) is 0 Å². The lowest BCUT2D eigenvalue weighted by molar-refractivity contribution is -0.121. The first-order valence-corrected chi connectivity index (χ1v) is 10.8. The summed E-state index contributed by atoms with van der Waals surface area (Å²) in [4.78, 5) is 26.7. The monoisotopic (exact) mass is 445 g/mol. The van der Waals surface area contributed by atoms with E-state index >= 15 is 0 Å². The van der Waals surface area contributed by atoms with Crippen LogP contribution in [0.4, 0.5) is 8.78 Å². The van der Waals surface area contributed by atoms with Crippen LogP contribution in [0.2, 0.25) is 0 Å². The van der Waals surface area contributed by atoms with Gasteiger partial charge in [0, 0.05) is 38.7 Å². The van der Waals surface area contributed by atoms with E-state index < -0.39 is 17.5 Å². The van der Waals surface area contributed by atoms with Gasteiger partial charge in [-0.15, -0.1) is 0 Å². The highest BCUT2D eigenvalue weighted by molar-refractivity contribution is 5.94. The number of carbonyl (C=O) groups excluding carboxylic acids is 2. The van der Waals surface area contributed by atoms with Gasteiger partial charge in [0.25, 0.3) is 5.91 Å². The Hall–Kier alpha value is -2.84. The van der Waals surface area contributed by atoms with Gasteiger partial charge in [-0.1, -0.05) is 29.8 Å². The maximum absolute atomic E-state index is 13.7. The van der Waals surface area contributed by atoms with Gasteiger partial charge in [0.1, 0.15) is 11.6 Å². The lowest BCUT2D eigenvalue weighted by Gasteiger charge is -2.35. The van der Waals surface area contributed by atoms with E-state index in [1.165, 1.54) is 5.56 Å². The van der Waals surface area contributed by atoms with Gasteiger partial charge < -0.3 is 15.4 Å². The van der Waals surface area contributed by atoms with Crippen LogP contribution in [0.5, 0.6) is 0 Å². The summed E-state index contributed by atoms with van der Waals surface area (Å²) in [5, 5.41) is 5.55. The van der Waals surface area contributed by atoms with Gasteiger partial charge in [0.05, 0.1) is 24.8 Å². The summed E-state index contributed by atoms with van der Waals surface area (Å²) in [6.07, 6.45) is 0.642. The number of halogens is 2. The highest BCUT2D eigenvalue weighted by Gasteiger charge is 2.23. The minimum absolute atomic E-state index is 0.0598. The van der Waals surface area contributed by atoms with Crippen LogP contribution in [-0.4, -0.2) is 56.1 Å². The molecule has 1 fully saturated rings. The smallest absolute Gasteiger partial charge is 0.254 e. The predicted molar refractivity (Wildman–Crippen MR) is 117 cm³/mol. The topological polar surface area (TPSA) is 70.7 Å². The molecule has 1 atom stereocenters. The summed E-state index contributed by atoms with van der Waals surface area (Å²) >= 11 is 0. The highest BCUT2D eigenvalue weighted by Crippen LogP contribution is 2.22. The van der Waals surface area contributed by atoms with Crippen LogP contribution in [-0.2, 0) is 9.53 Å². The average molecular weight is 446 g/mol. The fraction of sp³-hybridized carbons (Fsp3) is 0.417. The molecule has 0 spiro atoms. The number of nitrogens with one attached hydrogen (secondary N) is 2. The zero-order valence-electron chi connectivity index (χ0n) is 18.2. The number of benzene rings is 2. The molecule has 2 N–H and O–H groups in total. The summed E-state index contributed by atoms with van der Waals surface area (Å²) < 4.78 is 32.1. The number of morpholine rings is 1. The Labute approximate surface area is 186 Å². The molecule has 0 aromatic heterocycles. The minimum Gasteiger partial charge on any atom is -0.379 e. The van der Waals surface area contributed by atoms with E-state index in [9.17, 15) is 18.4 Å². The second-order valence-electron chi connectivity index (χ2n) is 7.86. The lowest BCUT2D eigenvalue weighted by Crippen LogP contribution is -2.43. The first kappa shape index (κ1) is 23.8. The second kappa shape index (κ2) is 11.7. The van der Waals surface area contributed by atoms with Gasteiger partial charge in [-0.3, -0.25) is 14.5 Å². The molecule has 1 unspecified atom stereocenters. The van der Waals surface area contributed by atoms with Crippen LogP contribution in [0, 0.1) is 18.6 Å². The van der Waals surface area contributed by atoms with Crippen molar-refractivity contribution in [3.63, 3.8) is 0 Å². The quantitative estimate of drug-likeness (QED) is 0.583. The predicted octanol–water partition coefficient (Wildman–Crippen LogP) is 2.97. The van der Waals surface area contributed by atoms with Crippen molar-refractivity contribution in [3.05, 3.63) is 70.8 Å². The first-order chi connectivity index (χ1) is 15.4. The molecule has 1 aliphatic heterocycles. The van der Waals surface area contributed by atoms with E-state index in [0.717, 1.165) is 30.8 Å². The molecule has 1 heterocycles. The third-order valence-electron chi connectivity index (χ3n) is 5.48. The van der Waals surface area contributed by atoms with E-state index in [0.29, 0.717) is 32.2 Å². The number of aryl methyl sites for hydroxylation is 1. The van der Waals surface area contributed by atoms with E-state index in [1.807, 2.05) is 6.92 Å². The third-order valence-corrected chi connectivity index (χ3v) is 5.48. The number of hydrogen-bond donors (Lipinski definition) is 2. The second-order valence-corrected chi connectivity index (χ2v) is 7.86. The number of carbonyl (C=O) groups is 2. The van der Waals surface area contributed by atoms with Gasteiger partial charge in [-0.25, -0.2) is 8.78 Å². The zero-order chi connectivity index (χ0) is 22.9. The van der Waals surface area contributed by atoms with Gasteiger partial charge in [-0.05, 0) is 31.0 Å². The molecule has 3 rings (SSSR count). The van der Waals surface area contributed by atoms with Crippen LogP contribution in [0.25, 0.3) is 0 Å². The number of nitrogens with zero attached hydrogens (tertiary/aromatic N) is 1. The molecule has 2 aromatic carbocycles. The van der Waals surface area contributed by atoms with Crippen LogP contribution in [0.15, 0.2) is 42.5 Å². The van der Waals surface area contributed by atoms with Crippen molar-refractivity contribution in [2.75, 3.05) is 39.4 Å².